The Bertz CT molecular complexity index is 673. The van der Waals surface area contributed by atoms with Gasteiger partial charge in [-0.15, -0.1) is 0 Å². The van der Waals surface area contributed by atoms with E-state index in [0.717, 1.165) is 17.0 Å². The Hall–Kier alpha value is -2.09. The second-order valence-electron chi connectivity index (χ2n) is 7.26. The van der Waals surface area contributed by atoms with E-state index in [4.69, 9.17) is 0 Å². The van der Waals surface area contributed by atoms with Crippen LogP contribution >= 0.6 is 0 Å². The smallest absolute Gasteiger partial charge is 0.339 e. The van der Waals surface area contributed by atoms with Crippen LogP contribution in [0.5, 0.6) is 0 Å². The summed E-state index contributed by atoms with van der Waals surface area (Å²) in [5.74, 6) is -2.14. The average molecular weight is 383 g/mol. The first-order valence-electron chi connectivity index (χ1n) is 9.17. The topological polar surface area (TPSA) is 43.9 Å². The first-order valence-corrected chi connectivity index (χ1v) is 9.17. The third-order valence-corrected chi connectivity index (χ3v) is 5.52. The zero-order chi connectivity index (χ0) is 19.6. The Kier molecular flexibility index (Phi) is 5.74. The van der Waals surface area contributed by atoms with Crippen molar-refractivity contribution < 1.29 is 22.8 Å². The Labute approximate surface area is 156 Å². The number of benzene rings is 1. The summed E-state index contributed by atoms with van der Waals surface area (Å²) in [5.41, 5.74) is 1.14. The van der Waals surface area contributed by atoms with E-state index in [-0.39, 0.29) is 43.8 Å². The van der Waals surface area contributed by atoms with Gasteiger partial charge in [0, 0.05) is 38.6 Å². The van der Waals surface area contributed by atoms with Crippen LogP contribution < -0.4 is 0 Å². The number of halogens is 3. The minimum absolute atomic E-state index is 0.0110. The summed E-state index contributed by atoms with van der Waals surface area (Å²) in [5, 5.41) is 0. The van der Waals surface area contributed by atoms with E-state index >= 15 is 0 Å². The quantitative estimate of drug-likeness (QED) is 0.787. The summed E-state index contributed by atoms with van der Waals surface area (Å²) in [6, 6.07) is 10.1. The Morgan fingerprint density at radius 1 is 0.963 bits per heavy atom. The molecule has 5 nitrogen and oxygen atoms in total. The number of nitrogens with zero attached hydrogens (tertiary/aromatic N) is 3. The Balaban J connectivity index is 1.59. The lowest BCUT2D eigenvalue weighted by Crippen LogP contribution is -2.52. The third-order valence-electron chi connectivity index (χ3n) is 5.52. The van der Waals surface area contributed by atoms with Gasteiger partial charge < -0.3 is 9.80 Å². The molecule has 1 atom stereocenters. The van der Waals surface area contributed by atoms with Gasteiger partial charge in [0.1, 0.15) is 0 Å². The fraction of sp³-hybridized carbons (Fsp3) is 0.579. The highest BCUT2D eigenvalue weighted by atomic mass is 19.4. The van der Waals surface area contributed by atoms with Crippen molar-refractivity contribution in [2.75, 3.05) is 39.8 Å². The fourth-order valence-corrected chi connectivity index (χ4v) is 3.88. The van der Waals surface area contributed by atoms with Crippen LogP contribution in [0.25, 0.3) is 0 Å². The van der Waals surface area contributed by atoms with Crippen molar-refractivity contribution in [3.05, 3.63) is 35.9 Å². The van der Waals surface area contributed by atoms with Crippen molar-refractivity contribution in [1.82, 2.24) is 14.7 Å². The van der Waals surface area contributed by atoms with E-state index in [1.807, 2.05) is 42.3 Å². The van der Waals surface area contributed by atoms with Crippen molar-refractivity contribution in [2.24, 2.45) is 5.92 Å². The minimum Gasteiger partial charge on any atom is -0.339 e. The molecule has 0 aliphatic carbocycles. The van der Waals surface area contributed by atoms with Gasteiger partial charge >= 0.3 is 12.1 Å². The second kappa shape index (κ2) is 7.88. The summed E-state index contributed by atoms with van der Waals surface area (Å²) < 4.78 is 37.7. The highest BCUT2D eigenvalue weighted by molar-refractivity contribution is 5.83. The summed E-state index contributed by atoms with van der Waals surface area (Å²) >= 11 is 0. The predicted octanol–water partition coefficient (Wildman–Crippen LogP) is 2.30. The highest BCUT2D eigenvalue weighted by Crippen LogP contribution is 2.28. The Morgan fingerprint density at radius 2 is 1.59 bits per heavy atom. The van der Waals surface area contributed by atoms with Crippen molar-refractivity contribution >= 4 is 11.8 Å². The number of hydrogen-bond acceptors (Lipinski definition) is 3. The third kappa shape index (κ3) is 4.43. The predicted molar refractivity (Wildman–Crippen MR) is 93.8 cm³/mol. The van der Waals surface area contributed by atoms with Gasteiger partial charge in [-0.25, -0.2) is 0 Å². The highest BCUT2D eigenvalue weighted by Gasteiger charge is 2.44. The van der Waals surface area contributed by atoms with Gasteiger partial charge in [-0.1, -0.05) is 30.3 Å². The molecule has 1 unspecified atom stereocenters. The number of piperazine rings is 1. The maximum atomic E-state index is 12.9. The molecule has 27 heavy (non-hydrogen) atoms. The van der Waals surface area contributed by atoms with Crippen molar-refractivity contribution in [2.45, 2.75) is 25.1 Å². The first kappa shape index (κ1) is 19.7. The van der Waals surface area contributed by atoms with Crippen LogP contribution in [0.4, 0.5) is 13.2 Å². The first-order chi connectivity index (χ1) is 12.8. The van der Waals surface area contributed by atoms with Crippen LogP contribution in [-0.2, 0) is 9.59 Å². The molecule has 0 spiro atoms. The lowest BCUT2D eigenvalue weighted by atomic mass is 9.94. The summed E-state index contributed by atoms with van der Waals surface area (Å²) in [4.78, 5) is 29.1. The number of carbonyl (C=O) groups excluding carboxylic acids is 2. The molecular weight excluding hydrogens is 359 g/mol. The molecule has 1 aromatic rings. The number of carbonyl (C=O) groups is 2. The SMILES string of the molecule is CN1CCN(C(=O)C2CCN(C(=O)C(F)(F)F)CC2)CC1c1ccccc1. The fourth-order valence-electron chi connectivity index (χ4n) is 3.88. The molecule has 2 amide bonds. The van der Waals surface area contributed by atoms with E-state index in [1.165, 1.54) is 0 Å². The number of hydrogen-bond donors (Lipinski definition) is 0. The summed E-state index contributed by atoms with van der Waals surface area (Å²) in [7, 11) is 2.03. The second-order valence-corrected chi connectivity index (χ2v) is 7.26. The number of likely N-dealkylation sites (tertiary alicyclic amines) is 1. The van der Waals surface area contributed by atoms with Gasteiger partial charge in [-0.3, -0.25) is 14.5 Å². The molecule has 0 bridgehead atoms. The minimum atomic E-state index is -4.85. The van der Waals surface area contributed by atoms with E-state index in [0.29, 0.717) is 13.1 Å². The van der Waals surface area contributed by atoms with Gasteiger partial charge in [0.2, 0.25) is 5.91 Å². The van der Waals surface area contributed by atoms with Gasteiger partial charge in [-0.05, 0) is 25.5 Å². The van der Waals surface area contributed by atoms with Crippen molar-refractivity contribution in [3.63, 3.8) is 0 Å². The lowest BCUT2D eigenvalue weighted by molar-refractivity contribution is -0.187. The molecule has 0 aromatic heterocycles. The molecule has 148 valence electrons. The maximum Gasteiger partial charge on any atom is 0.471 e. The Morgan fingerprint density at radius 3 is 2.19 bits per heavy atom. The average Bonchev–Trinajstić information content (AvgIpc) is 2.67. The molecule has 1 aromatic carbocycles. The molecule has 3 rings (SSSR count). The molecule has 2 saturated heterocycles. The van der Waals surface area contributed by atoms with Crippen LogP contribution in [0.2, 0.25) is 0 Å². The van der Waals surface area contributed by atoms with Gasteiger partial charge in [0.25, 0.3) is 0 Å². The zero-order valence-corrected chi connectivity index (χ0v) is 15.3. The molecule has 2 fully saturated rings. The number of rotatable bonds is 2. The number of piperidine rings is 1. The molecule has 8 heteroatoms. The van der Waals surface area contributed by atoms with Gasteiger partial charge in [0.15, 0.2) is 0 Å². The molecule has 0 saturated carbocycles. The van der Waals surface area contributed by atoms with Crippen LogP contribution in [0, 0.1) is 5.92 Å². The number of alkyl halides is 3. The van der Waals surface area contributed by atoms with Crippen LogP contribution in [0.3, 0.4) is 0 Å². The normalized spacial score (nSPS) is 22.7. The standard InChI is InChI=1S/C19H24F3N3O2/c1-23-11-12-25(13-16(23)14-5-3-2-4-6-14)17(26)15-7-9-24(10-8-15)18(27)19(20,21)22/h2-6,15-16H,7-13H2,1H3. The van der Waals surface area contributed by atoms with Gasteiger partial charge in [-0.2, -0.15) is 13.2 Å². The lowest BCUT2D eigenvalue weighted by Gasteiger charge is -2.42. The number of likely N-dealkylation sites (N-methyl/N-ethyl adjacent to an activating group) is 1. The van der Waals surface area contributed by atoms with Crippen molar-refractivity contribution in [3.8, 4) is 0 Å². The molecular formula is C19H24F3N3O2. The molecule has 2 aliphatic rings. The van der Waals surface area contributed by atoms with E-state index in [1.54, 1.807) is 0 Å². The van der Waals surface area contributed by atoms with Crippen LogP contribution in [0.15, 0.2) is 30.3 Å². The molecule has 2 aliphatic heterocycles. The summed E-state index contributed by atoms with van der Waals surface area (Å²) in [6.45, 7) is 1.88. The van der Waals surface area contributed by atoms with E-state index in [2.05, 4.69) is 4.90 Å². The maximum absolute atomic E-state index is 12.9. The summed E-state index contributed by atoms with van der Waals surface area (Å²) in [6.07, 6.45) is -4.29. The molecule has 0 radical (unpaired) electrons. The zero-order valence-electron chi connectivity index (χ0n) is 15.3. The van der Waals surface area contributed by atoms with E-state index in [9.17, 15) is 22.8 Å². The van der Waals surface area contributed by atoms with E-state index < -0.39 is 12.1 Å². The van der Waals surface area contributed by atoms with Gasteiger partial charge in [0.05, 0.1) is 6.04 Å². The van der Waals surface area contributed by atoms with Crippen molar-refractivity contribution in [1.29, 1.82) is 0 Å². The van der Waals surface area contributed by atoms with Crippen LogP contribution in [0.1, 0.15) is 24.4 Å². The molecule has 0 N–H and O–H groups in total. The van der Waals surface area contributed by atoms with Crippen LogP contribution in [-0.4, -0.2) is 72.5 Å². The largest absolute Gasteiger partial charge is 0.471 e. The monoisotopic (exact) mass is 383 g/mol. The molecule has 2 heterocycles. The number of amides is 2.